The Morgan fingerprint density at radius 3 is 2.74 bits per heavy atom. The number of rotatable bonds is 6. The molecule has 0 unspecified atom stereocenters. The van der Waals surface area contributed by atoms with Crippen LogP contribution in [0.2, 0.25) is 0 Å². The van der Waals surface area contributed by atoms with Crippen LogP contribution in [0.15, 0.2) is 41.8 Å². The Kier molecular flexibility index (Phi) is 5.52. The summed E-state index contributed by atoms with van der Waals surface area (Å²) in [6.07, 6.45) is -0.496. The zero-order valence-electron chi connectivity index (χ0n) is 12.5. The number of hydrogen-bond acceptors (Lipinski definition) is 3. The summed E-state index contributed by atoms with van der Waals surface area (Å²) in [4.78, 5) is 0. The van der Waals surface area contributed by atoms with Gasteiger partial charge in [-0.25, -0.2) is 4.39 Å². The Morgan fingerprint density at radius 1 is 1.26 bits per heavy atom. The van der Waals surface area contributed by atoms with Crippen molar-refractivity contribution in [3.63, 3.8) is 0 Å². The average Bonchev–Trinajstić information content (AvgIpc) is 2.46. The standard InChI is InChI=1S/C16H17F4NO2/c1-22-15-13(17)6-3-7-14(15)23-12-5-2-4-11(10-12)21-9-8-16(18,19)20/h3-4,6-7,10,21H,2,5,8-9H2,1H3. The molecule has 0 radical (unpaired) electrons. The predicted octanol–water partition coefficient (Wildman–Crippen LogP) is 4.32. The number of ether oxygens (including phenoxy) is 2. The third-order valence-electron chi connectivity index (χ3n) is 3.19. The van der Waals surface area contributed by atoms with Crippen molar-refractivity contribution in [3.8, 4) is 11.5 Å². The molecule has 3 nitrogen and oxygen atoms in total. The molecule has 1 aliphatic carbocycles. The van der Waals surface area contributed by atoms with Gasteiger partial charge in [-0.05, 0) is 24.6 Å². The van der Waals surface area contributed by atoms with Crippen molar-refractivity contribution in [1.29, 1.82) is 0 Å². The van der Waals surface area contributed by atoms with Gasteiger partial charge in [0.1, 0.15) is 5.76 Å². The van der Waals surface area contributed by atoms with Crippen LogP contribution >= 0.6 is 0 Å². The van der Waals surface area contributed by atoms with Gasteiger partial charge in [-0.15, -0.1) is 0 Å². The van der Waals surface area contributed by atoms with Gasteiger partial charge in [-0.1, -0.05) is 12.1 Å². The molecule has 1 N–H and O–H groups in total. The maximum Gasteiger partial charge on any atom is 0.390 e. The van der Waals surface area contributed by atoms with Crippen LogP contribution in [0.1, 0.15) is 19.3 Å². The summed E-state index contributed by atoms with van der Waals surface area (Å²) in [5.41, 5.74) is 0.561. The molecule has 1 aliphatic rings. The van der Waals surface area contributed by atoms with E-state index in [4.69, 9.17) is 9.47 Å². The highest BCUT2D eigenvalue weighted by Gasteiger charge is 2.26. The molecule has 7 heteroatoms. The van der Waals surface area contributed by atoms with E-state index in [0.29, 0.717) is 24.3 Å². The Hall–Kier alpha value is -2.18. The first kappa shape index (κ1) is 17.2. The maximum absolute atomic E-state index is 13.6. The average molecular weight is 331 g/mol. The molecule has 0 atom stereocenters. The molecule has 0 heterocycles. The first-order valence-electron chi connectivity index (χ1n) is 7.11. The molecular formula is C16H17F4NO2. The number of allylic oxidation sites excluding steroid dienone is 3. The lowest BCUT2D eigenvalue weighted by Crippen LogP contribution is -2.21. The largest absolute Gasteiger partial charge is 0.490 e. The minimum atomic E-state index is -4.19. The second-order valence-corrected chi connectivity index (χ2v) is 4.97. The number of benzene rings is 1. The van der Waals surface area contributed by atoms with Gasteiger partial charge in [0, 0.05) is 18.7 Å². The third-order valence-corrected chi connectivity index (χ3v) is 3.19. The van der Waals surface area contributed by atoms with Crippen LogP contribution in [0.5, 0.6) is 11.5 Å². The molecule has 0 fully saturated rings. The van der Waals surface area contributed by atoms with E-state index in [1.165, 1.54) is 19.2 Å². The number of para-hydroxylation sites is 1. The molecule has 23 heavy (non-hydrogen) atoms. The SMILES string of the molecule is COc1c(F)cccc1OC1=CC(NCCC(F)(F)F)=CCC1. The smallest absolute Gasteiger partial charge is 0.390 e. The number of nitrogens with one attached hydrogen (secondary N) is 1. The van der Waals surface area contributed by atoms with Gasteiger partial charge >= 0.3 is 6.18 Å². The Balaban J connectivity index is 2.01. The molecule has 2 rings (SSSR count). The molecule has 0 aromatic heterocycles. The zero-order valence-corrected chi connectivity index (χ0v) is 12.5. The minimum absolute atomic E-state index is 0.00506. The van der Waals surface area contributed by atoms with E-state index in [0.717, 1.165) is 0 Å². The van der Waals surface area contributed by atoms with E-state index in [-0.39, 0.29) is 18.0 Å². The fourth-order valence-electron chi connectivity index (χ4n) is 2.14. The maximum atomic E-state index is 13.6. The summed E-state index contributed by atoms with van der Waals surface area (Å²) in [6, 6.07) is 4.32. The normalized spacial score (nSPS) is 14.8. The summed E-state index contributed by atoms with van der Waals surface area (Å²) < 4.78 is 60.6. The highest BCUT2D eigenvalue weighted by molar-refractivity contribution is 5.42. The topological polar surface area (TPSA) is 30.5 Å². The summed E-state index contributed by atoms with van der Waals surface area (Å²) in [6.45, 7) is -0.206. The van der Waals surface area contributed by atoms with Gasteiger partial charge in [-0.2, -0.15) is 13.2 Å². The van der Waals surface area contributed by atoms with E-state index < -0.39 is 18.4 Å². The first-order chi connectivity index (χ1) is 10.9. The summed E-state index contributed by atoms with van der Waals surface area (Å²) in [7, 11) is 1.34. The predicted molar refractivity (Wildman–Crippen MR) is 77.7 cm³/mol. The van der Waals surface area contributed by atoms with Gasteiger partial charge in [0.15, 0.2) is 17.3 Å². The molecule has 0 saturated heterocycles. The van der Waals surface area contributed by atoms with Crippen molar-refractivity contribution in [3.05, 3.63) is 47.6 Å². The van der Waals surface area contributed by atoms with Crippen molar-refractivity contribution in [1.82, 2.24) is 5.32 Å². The van der Waals surface area contributed by atoms with E-state index in [9.17, 15) is 17.6 Å². The van der Waals surface area contributed by atoms with Crippen molar-refractivity contribution < 1.29 is 27.0 Å². The molecule has 0 bridgehead atoms. The van der Waals surface area contributed by atoms with E-state index in [1.54, 1.807) is 18.2 Å². The molecule has 1 aromatic rings. The first-order valence-corrected chi connectivity index (χ1v) is 7.11. The van der Waals surface area contributed by atoms with Gasteiger partial charge < -0.3 is 14.8 Å². The van der Waals surface area contributed by atoms with Crippen molar-refractivity contribution >= 4 is 0 Å². The Morgan fingerprint density at radius 2 is 2.04 bits per heavy atom. The van der Waals surface area contributed by atoms with Gasteiger partial charge in [0.25, 0.3) is 0 Å². The van der Waals surface area contributed by atoms with E-state index in [2.05, 4.69) is 5.32 Å². The molecule has 0 amide bonds. The van der Waals surface area contributed by atoms with Crippen LogP contribution in [0.3, 0.4) is 0 Å². The summed E-state index contributed by atoms with van der Waals surface area (Å²) in [5.74, 6) is 0.219. The minimum Gasteiger partial charge on any atom is -0.490 e. The molecular weight excluding hydrogens is 314 g/mol. The van der Waals surface area contributed by atoms with Crippen molar-refractivity contribution in [2.24, 2.45) is 0 Å². The lowest BCUT2D eigenvalue weighted by Gasteiger charge is -2.18. The quantitative estimate of drug-likeness (QED) is 0.788. The van der Waals surface area contributed by atoms with Crippen LogP contribution < -0.4 is 14.8 Å². The number of halogens is 4. The summed E-state index contributed by atoms with van der Waals surface area (Å²) >= 11 is 0. The lowest BCUT2D eigenvalue weighted by molar-refractivity contribution is -0.133. The number of methoxy groups -OCH3 is 1. The van der Waals surface area contributed by atoms with Crippen LogP contribution in [-0.4, -0.2) is 19.8 Å². The fourth-order valence-corrected chi connectivity index (χ4v) is 2.14. The molecule has 126 valence electrons. The highest BCUT2D eigenvalue weighted by atomic mass is 19.4. The molecule has 0 spiro atoms. The summed E-state index contributed by atoms with van der Waals surface area (Å²) in [5, 5.41) is 2.71. The van der Waals surface area contributed by atoms with Crippen molar-refractivity contribution in [2.45, 2.75) is 25.4 Å². The highest BCUT2D eigenvalue weighted by Crippen LogP contribution is 2.32. The van der Waals surface area contributed by atoms with Crippen LogP contribution in [0.4, 0.5) is 17.6 Å². The monoisotopic (exact) mass is 331 g/mol. The van der Waals surface area contributed by atoms with Crippen LogP contribution in [0.25, 0.3) is 0 Å². The number of alkyl halides is 3. The van der Waals surface area contributed by atoms with Gasteiger partial charge in [-0.3, -0.25) is 0 Å². The third kappa shape index (κ3) is 5.19. The van der Waals surface area contributed by atoms with Crippen LogP contribution in [0, 0.1) is 5.82 Å². The van der Waals surface area contributed by atoms with Gasteiger partial charge in [0.2, 0.25) is 0 Å². The van der Waals surface area contributed by atoms with Crippen LogP contribution in [-0.2, 0) is 0 Å². The van der Waals surface area contributed by atoms with Gasteiger partial charge in [0.05, 0.1) is 13.5 Å². The zero-order chi connectivity index (χ0) is 16.9. The molecule has 1 aromatic carbocycles. The second-order valence-electron chi connectivity index (χ2n) is 4.97. The lowest BCUT2D eigenvalue weighted by atomic mass is 10.1. The fraction of sp³-hybridized carbons (Fsp3) is 0.375. The Labute approximate surface area is 131 Å². The van der Waals surface area contributed by atoms with E-state index in [1.807, 2.05) is 0 Å². The molecule has 0 aliphatic heterocycles. The second kappa shape index (κ2) is 7.39. The Bertz CT molecular complexity index is 609. The number of hydrogen-bond donors (Lipinski definition) is 1. The molecule has 0 saturated carbocycles. The van der Waals surface area contributed by atoms with E-state index >= 15 is 0 Å². The van der Waals surface area contributed by atoms with Crippen molar-refractivity contribution in [2.75, 3.05) is 13.7 Å².